The van der Waals surface area contributed by atoms with E-state index in [2.05, 4.69) is 0 Å². The Hall–Kier alpha value is -3.35. The summed E-state index contributed by atoms with van der Waals surface area (Å²) in [4.78, 5) is 11.6. The van der Waals surface area contributed by atoms with Crippen molar-refractivity contribution in [2.75, 3.05) is 13.2 Å². The highest BCUT2D eigenvalue weighted by molar-refractivity contribution is 5.87. The Morgan fingerprint density at radius 3 is 1.43 bits per heavy atom. The maximum Gasteiger partial charge on any atom is 0.335 e. The lowest BCUT2D eigenvalue weighted by atomic mass is 9.75. The minimum absolute atomic E-state index is 0.0454. The molecule has 0 heterocycles. The smallest absolute Gasteiger partial charge is 0.335 e. The van der Waals surface area contributed by atoms with Gasteiger partial charge in [-0.15, -0.1) is 0 Å². The summed E-state index contributed by atoms with van der Waals surface area (Å²) in [6.45, 7) is 12.3. The number of rotatable bonds is 10. The van der Waals surface area contributed by atoms with E-state index in [1.807, 2.05) is 65.8 Å². The third-order valence-corrected chi connectivity index (χ3v) is 7.37. The summed E-state index contributed by atoms with van der Waals surface area (Å²) in [6, 6.07) is 14.4. The highest BCUT2D eigenvalue weighted by atomic mass is 16.4. The monoisotopic (exact) mass is 548 g/mol. The second-order valence-electron chi connectivity index (χ2n) is 12.7. The quantitative estimate of drug-likeness (QED) is 0.187. The molecule has 216 valence electrons. The highest BCUT2D eigenvalue weighted by Crippen LogP contribution is 2.47. The predicted octanol–water partition coefficient (Wildman–Crippen LogP) is 6.42. The zero-order chi connectivity index (χ0) is 29.8. The number of aromatic hydroxyl groups is 2. The van der Waals surface area contributed by atoms with E-state index in [9.17, 15) is 30.3 Å². The molecular weight excluding hydrogens is 504 g/mol. The molecule has 0 amide bonds. The van der Waals surface area contributed by atoms with Gasteiger partial charge in [-0.1, -0.05) is 77.9 Å². The summed E-state index contributed by atoms with van der Waals surface area (Å²) in [5.74, 6) is -1.38. The fraction of sp³-hybridized carbons (Fsp3) is 0.441. The summed E-state index contributed by atoms with van der Waals surface area (Å²) in [7, 11) is 0. The van der Waals surface area contributed by atoms with Crippen molar-refractivity contribution in [1.82, 2.24) is 0 Å². The number of carboxylic acid groups (broad SMARTS) is 1. The van der Waals surface area contributed by atoms with Crippen molar-refractivity contribution in [3.8, 4) is 11.5 Å². The molecule has 0 aliphatic heterocycles. The molecule has 0 bridgehead atoms. The van der Waals surface area contributed by atoms with Gasteiger partial charge in [-0.3, -0.25) is 0 Å². The number of phenols is 2. The number of aromatic carboxylic acids is 1. The first-order valence-corrected chi connectivity index (χ1v) is 14.0. The number of carboxylic acids is 1. The van der Waals surface area contributed by atoms with Gasteiger partial charge in [0.15, 0.2) is 0 Å². The lowest BCUT2D eigenvalue weighted by molar-refractivity contribution is 0.0697. The Kier molecular flexibility index (Phi) is 9.70. The van der Waals surface area contributed by atoms with Crippen molar-refractivity contribution in [3.05, 3.63) is 93.0 Å². The molecule has 6 heteroatoms. The second kappa shape index (κ2) is 12.4. The van der Waals surface area contributed by atoms with Gasteiger partial charge < -0.3 is 25.5 Å². The first-order valence-electron chi connectivity index (χ1n) is 14.0. The molecule has 3 aromatic carbocycles. The van der Waals surface area contributed by atoms with E-state index in [4.69, 9.17) is 0 Å². The molecular formula is C34H44O6. The van der Waals surface area contributed by atoms with E-state index in [1.54, 1.807) is 24.3 Å². The molecule has 0 aliphatic rings. The van der Waals surface area contributed by atoms with Crippen LogP contribution in [0.3, 0.4) is 0 Å². The molecule has 0 unspecified atom stereocenters. The van der Waals surface area contributed by atoms with E-state index in [1.165, 1.54) is 0 Å². The van der Waals surface area contributed by atoms with Gasteiger partial charge in [-0.25, -0.2) is 4.79 Å². The third kappa shape index (κ3) is 7.04. The van der Waals surface area contributed by atoms with Crippen molar-refractivity contribution >= 4 is 5.97 Å². The van der Waals surface area contributed by atoms with E-state index < -0.39 is 11.9 Å². The molecule has 0 atom stereocenters. The Morgan fingerprint density at radius 1 is 0.700 bits per heavy atom. The van der Waals surface area contributed by atoms with E-state index in [-0.39, 0.29) is 41.1 Å². The van der Waals surface area contributed by atoms with Crippen LogP contribution in [0.1, 0.15) is 110 Å². The molecule has 0 aliphatic carbocycles. The molecule has 0 spiro atoms. The maximum atomic E-state index is 11.8. The Labute approximate surface area is 238 Å². The number of benzene rings is 3. The molecule has 0 radical (unpaired) electrons. The zero-order valence-electron chi connectivity index (χ0n) is 24.6. The molecule has 0 fully saturated rings. The van der Waals surface area contributed by atoms with Crippen LogP contribution in [0.25, 0.3) is 0 Å². The fourth-order valence-electron chi connectivity index (χ4n) is 5.22. The summed E-state index contributed by atoms with van der Waals surface area (Å²) in [5, 5.41) is 52.1. The van der Waals surface area contributed by atoms with Crippen LogP contribution in [0.5, 0.6) is 11.5 Å². The Morgan fingerprint density at radius 2 is 1.10 bits per heavy atom. The topological polar surface area (TPSA) is 118 Å². The van der Waals surface area contributed by atoms with Gasteiger partial charge in [-0.2, -0.15) is 0 Å². The minimum Gasteiger partial charge on any atom is -0.507 e. The van der Waals surface area contributed by atoms with Crippen LogP contribution in [-0.2, 0) is 23.7 Å². The van der Waals surface area contributed by atoms with Gasteiger partial charge in [0.25, 0.3) is 0 Å². The van der Waals surface area contributed by atoms with Crippen LogP contribution >= 0.6 is 0 Å². The standard InChI is InChI=1S/C34H44O6/c1-33(2,3)27-19-21(9-7-15-35)17-25(30(27)37)29(23-11-13-24(14-12-23)32(39)40)26-18-22(10-8-16-36)20-28(31(26)38)34(4,5)6/h11-14,17-20,29,35-38H,7-10,15-16H2,1-6H3,(H,39,40). The number of hydrogen-bond donors (Lipinski definition) is 5. The van der Waals surface area contributed by atoms with Crippen LogP contribution in [0.4, 0.5) is 0 Å². The van der Waals surface area contributed by atoms with Crippen molar-refractivity contribution < 1.29 is 30.3 Å². The Bertz CT molecular complexity index is 1250. The van der Waals surface area contributed by atoms with E-state index >= 15 is 0 Å². The van der Waals surface area contributed by atoms with Crippen LogP contribution < -0.4 is 0 Å². The Balaban J connectivity index is 2.43. The van der Waals surface area contributed by atoms with Crippen LogP contribution in [0.2, 0.25) is 0 Å². The average Bonchev–Trinajstić information content (AvgIpc) is 2.87. The highest BCUT2D eigenvalue weighted by Gasteiger charge is 2.31. The molecule has 3 rings (SSSR count). The molecule has 0 saturated carbocycles. The van der Waals surface area contributed by atoms with Crippen molar-refractivity contribution in [2.24, 2.45) is 0 Å². The fourth-order valence-corrected chi connectivity index (χ4v) is 5.22. The average molecular weight is 549 g/mol. The molecule has 5 N–H and O–H groups in total. The number of aliphatic hydroxyl groups is 2. The first kappa shape index (κ1) is 31.2. The maximum absolute atomic E-state index is 11.8. The van der Waals surface area contributed by atoms with E-state index in [0.29, 0.717) is 36.8 Å². The van der Waals surface area contributed by atoms with Gasteiger partial charge in [0, 0.05) is 30.3 Å². The summed E-state index contributed by atoms with van der Waals surface area (Å²) in [5.41, 5.74) is 4.78. The van der Waals surface area contributed by atoms with Crippen LogP contribution in [0.15, 0.2) is 48.5 Å². The van der Waals surface area contributed by atoms with Gasteiger partial charge in [0.1, 0.15) is 11.5 Å². The lowest BCUT2D eigenvalue weighted by Gasteiger charge is -2.30. The molecule has 6 nitrogen and oxygen atoms in total. The molecule has 0 aromatic heterocycles. The summed E-state index contributed by atoms with van der Waals surface area (Å²) in [6.07, 6.45) is 2.38. The normalized spacial score (nSPS) is 12.2. The lowest BCUT2D eigenvalue weighted by Crippen LogP contribution is -2.17. The molecule has 40 heavy (non-hydrogen) atoms. The molecule has 0 saturated heterocycles. The van der Waals surface area contributed by atoms with Gasteiger partial charge in [0.2, 0.25) is 0 Å². The predicted molar refractivity (Wildman–Crippen MR) is 159 cm³/mol. The van der Waals surface area contributed by atoms with Crippen LogP contribution in [0, 0.1) is 0 Å². The SMILES string of the molecule is CC(C)(C)c1cc(CCCO)cc(C(c2ccc(C(=O)O)cc2)c2cc(CCCO)cc(C(C)(C)C)c2O)c1O. The molecule has 3 aromatic rings. The minimum atomic E-state index is -1.03. The second-order valence-corrected chi connectivity index (χ2v) is 12.7. The van der Waals surface area contributed by atoms with Crippen LogP contribution in [-0.4, -0.2) is 44.7 Å². The van der Waals surface area contributed by atoms with Crippen molar-refractivity contribution in [2.45, 2.75) is 84.0 Å². The first-order chi connectivity index (χ1) is 18.7. The van der Waals surface area contributed by atoms with Crippen molar-refractivity contribution in [1.29, 1.82) is 0 Å². The third-order valence-electron chi connectivity index (χ3n) is 7.37. The van der Waals surface area contributed by atoms with Gasteiger partial charge in [0.05, 0.1) is 5.56 Å². The number of carbonyl (C=O) groups is 1. The summed E-state index contributed by atoms with van der Waals surface area (Å²) < 4.78 is 0. The largest absolute Gasteiger partial charge is 0.507 e. The van der Waals surface area contributed by atoms with Crippen molar-refractivity contribution in [3.63, 3.8) is 0 Å². The van der Waals surface area contributed by atoms with Gasteiger partial charge in [-0.05, 0) is 76.5 Å². The number of aliphatic hydroxyl groups excluding tert-OH is 2. The number of phenolic OH excluding ortho intramolecular Hbond substituents is 2. The van der Waals surface area contributed by atoms with E-state index in [0.717, 1.165) is 27.8 Å². The zero-order valence-corrected chi connectivity index (χ0v) is 24.6. The number of aryl methyl sites for hydroxylation is 2. The summed E-state index contributed by atoms with van der Waals surface area (Å²) >= 11 is 0. The number of hydrogen-bond acceptors (Lipinski definition) is 5. The van der Waals surface area contributed by atoms with Gasteiger partial charge >= 0.3 is 5.97 Å².